The summed E-state index contributed by atoms with van der Waals surface area (Å²) in [6.07, 6.45) is 1.94. The third-order valence-electron chi connectivity index (χ3n) is 5.18. The van der Waals surface area contributed by atoms with Crippen LogP contribution in [0.5, 0.6) is 0 Å². The second kappa shape index (κ2) is 6.20. The van der Waals surface area contributed by atoms with Gasteiger partial charge in [0.15, 0.2) is 5.78 Å². The van der Waals surface area contributed by atoms with Crippen LogP contribution >= 0.6 is 0 Å². The number of carbonyl (C=O) groups is 1. The van der Waals surface area contributed by atoms with E-state index >= 15 is 0 Å². The molecule has 0 aliphatic carbocycles. The van der Waals surface area contributed by atoms with Gasteiger partial charge in [-0.2, -0.15) is 5.10 Å². The van der Waals surface area contributed by atoms with Crippen molar-refractivity contribution in [2.24, 2.45) is 10.7 Å². The smallest absolute Gasteiger partial charge is 0.184 e. The highest BCUT2D eigenvalue weighted by molar-refractivity contribution is 6.16. The number of nitrogens with two attached hydrogens (primary N) is 1. The van der Waals surface area contributed by atoms with Crippen LogP contribution in [0.15, 0.2) is 29.4 Å². The van der Waals surface area contributed by atoms with Gasteiger partial charge in [-0.3, -0.25) is 19.4 Å². The van der Waals surface area contributed by atoms with Gasteiger partial charge in [0.2, 0.25) is 0 Å². The maximum Gasteiger partial charge on any atom is 0.184 e. The van der Waals surface area contributed by atoms with Crippen LogP contribution in [-0.4, -0.2) is 51.9 Å². The monoisotopic (exact) mass is 337 g/mol. The van der Waals surface area contributed by atoms with Gasteiger partial charge in [-0.15, -0.1) is 0 Å². The van der Waals surface area contributed by atoms with Gasteiger partial charge in [-0.05, 0) is 25.5 Å². The molecule has 2 aliphatic heterocycles. The highest BCUT2D eigenvalue weighted by Gasteiger charge is 2.25. The molecular formula is C19H23N5O. The number of fused-ring (bicyclic) bond motifs is 2. The molecule has 130 valence electrons. The Morgan fingerprint density at radius 1 is 1.20 bits per heavy atom. The summed E-state index contributed by atoms with van der Waals surface area (Å²) in [5.74, 6) is 0.0572. The third kappa shape index (κ3) is 2.71. The molecule has 0 amide bonds. The van der Waals surface area contributed by atoms with Crippen molar-refractivity contribution in [1.82, 2.24) is 14.7 Å². The summed E-state index contributed by atoms with van der Waals surface area (Å²) in [7, 11) is 0. The zero-order valence-corrected chi connectivity index (χ0v) is 14.7. The molecule has 0 bridgehead atoms. The molecule has 6 heteroatoms. The van der Waals surface area contributed by atoms with Crippen LogP contribution in [0.3, 0.4) is 0 Å². The molecule has 25 heavy (non-hydrogen) atoms. The van der Waals surface area contributed by atoms with Gasteiger partial charge >= 0.3 is 0 Å². The fraction of sp³-hybridized carbons (Fsp3) is 0.421. The van der Waals surface area contributed by atoms with Crippen LogP contribution in [0, 0.1) is 0 Å². The normalized spacial score (nSPS) is 17.4. The summed E-state index contributed by atoms with van der Waals surface area (Å²) in [5.41, 5.74) is 11.7. The van der Waals surface area contributed by atoms with E-state index in [1.165, 1.54) is 5.69 Å². The molecule has 1 aromatic carbocycles. The summed E-state index contributed by atoms with van der Waals surface area (Å²) in [4.78, 5) is 18.9. The van der Waals surface area contributed by atoms with E-state index in [1.807, 2.05) is 24.4 Å². The average molecular weight is 337 g/mol. The molecule has 0 saturated carbocycles. The van der Waals surface area contributed by atoms with Gasteiger partial charge in [-0.25, -0.2) is 0 Å². The van der Waals surface area contributed by atoms with Crippen molar-refractivity contribution in [3.8, 4) is 11.1 Å². The highest BCUT2D eigenvalue weighted by Crippen LogP contribution is 2.30. The average Bonchev–Trinajstić information content (AvgIpc) is 3.05. The van der Waals surface area contributed by atoms with Gasteiger partial charge < -0.3 is 5.73 Å². The van der Waals surface area contributed by atoms with Crippen molar-refractivity contribution in [2.75, 3.05) is 19.6 Å². The van der Waals surface area contributed by atoms with E-state index in [2.05, 4.69) is 33.5 Å². The number of hydrogen-bond donors (Lipinski definition) is 1. The molecule has 2 aromatic rings. The Balaban J connectivity index is 1.77. The van der Waals surface area contributed by atoms with Crippen molar-refractivity contribution in [1.29, 1.82) is 0 Å². The summed E-state index contributed by atoms with van der Waals surface area (Å²) in [5, 5.41) is 4.56. The van der Waals surface area contributed by atoms with Crippen LogP contribution in [0.25, 0.3) is 11.1 Å². The molecular weight excluding hydrogens is 314 g/mol. The minimum atomic E-state index is 0.0572. The molecule has 6 nitrogen and oxygen atoms in total. The topological polar surface area (TPSA) is 76.5 Å². The lowest BCUT2D eigenvalue weighted by atomic mass is 9.92. The molecule has 0 saturated heterocycles. The van der Waals surface area contributed by atoms with E-state index in [4.69, 9.17) is 5.73 Å². The Kier molecular flexibility index (Phi) is 4.01. The summed E-state index contributed by atoms with van der Waals surface area (Å²) < 4.78 is 2.09. The van der Waals surface area contributed by atoms with E-state index in [0.29, 0.717) is 12.6 Å². The fourth-order valence-electron chi connectivity index (χ4n) is 3.65. The maximum absolute atomic E-state index is 12.1. The first-order chi connectivity index (χ1) is 12.1. The number of ketones is 1. The van der Waals surface area contributed by atoms with Gasteiger partial charge in [0.1, 0.15) is 6.54 Å². The van der Waals surface area contributed by atoms with Gasteiger partial charge in [-0.1, -0.05) is 12.1 Å². The minimum absolute atomic E-state index is 0.0572. The summed E-state index contributed by atoms with van der Waals surface area (Å²) in [6, 6.07) is 6.48. The first kappa shape index (κ1) is 16.2. The molecule has 0 fully saturated rings. The molecule has 4 rings (SSSR count). The lowest BCUT2D eigenvalue weighted by Gasteiger charge is -2.31. The first-order valence-electron chi connectivity index (χ1n) is 8.78. The Bertz CT molecular complexity index is 865. The van der Waals surface area contributed by atoms with Crippen LogP contribution in [0.2, 0.25) is 0 Å². The number of aromatic nitrogens is 2. The quantitative estimate of drug-likeness (QED) is 0.925. The van der Waals surface area contributed by atoms with E-state index in [0.717, 1.165) is 47.6 Å². The highest BCUT2D eigenvalue weighted by atomic mass is 16.1. The minimum Gasteiger partial charge on any atom is -0.325 e. The van der Waals surface area contributed by atoms with Gasteiger partial charge in [0.25, 0.3) is 0 Å². The molecule has 0 spiro atoms. The molecule has 0 atom stereocenters. The van der Waals surface area contributed by atoms with Crippen LogP contribution in [-0.2, 0) is 13.1 Å². The number of nitrogens with zero attached hydrogens (tertiary/aromatic N) is 4. The fourth-order valence-corrected chi connectivity index (χ4v) is 3.65. The lowest BCUT2D eigenvalue weighted by molar-refractivity contribution is 0.1000. The van der Waals surface area contributed by atoms with Crippen LogP contribution in [0.4, 0.5) is 0 Å². The van der Waals surface area contributed by atoms with Crippen molar-refractivity contribution < 1.29 is 4.79 Å². The number of Topliss-reactive ketones (excluding diaryl/α,β-unsaturated/α-hetero) is 1. The van der Waals surface area contributed by atoms with E-state index in [9.17, 15) is 4.79 Å². The Morgan fingerprint density at radius 2 is 2.04 bits per heavy atom. The molecule has 2 aliphatic rings. The Hall–Kier alpha value is -2.31. The predicted octanol–water partition coefficient (Wildman–Crippen LogP) is 1.72. The maximum atomic E-state index is 12.1. The van der Waals surface area contributed by atoms with Gasteiger partial charge in [0, 0.05) is 42.4 Å². The Labute approximate surface area is 147 Å². The first-order valence-corrected chi connectivity index (χ1v) is 8.78. The zero-order valence-electron chi connectivity index (χ0n) is 14.7. The number of carbonyl (C=O) groups excluding carboxylic acids is 1. The van der Waals surface area contributed by atoms with E-state index < -0.39 is 0 Å². The number of benzene rings is 1. The molecule has 2 N–H and O–H groups in total. The Morgan fingerprint density at radius 3 is 2.80 bits per heavy atom. The van der Waals surface area contributed by atoms with E-state index in [-0.39, 0.29) is 12.3 Å². The summed E-state index contributed by atoms with van der Waals surface area (Å²) in [6.45, 7) is 7.81. The second-order valence-corrected chi connectivity index (χ2v) is 6.94. The summed E-state index contributed by atoms with van der Waals surface area (Å²) >= 11 is 0. The molecule has 3 heterocycles. The molecule has 0 radical (unpaired) electrons. The number of aliphatic imine (C=N–C) groups is 1. The number of hydrogen-bond acceptors (Lipinski definition) is 5. The largest absolute Gasteiger partial charge is 0.325 e. The van der Waals surface area contributed by atoms with Crippen molar-refractivity contribution in [3.05, 3.63) is 41.2 Å². The van der Waals surface area contributed by atoms with Crippen molar-refractivity contribution in [3.63, 3.8) is 0 Å². The van der Waals surface area contributed by atoms with Crippen LogP contribution in [0.1, 0.15) is 35.5 Å². The predicted molar refractivity (Wildman–Crippen MR) is 98.0 cm³/mol. The number of rotatable bonds is 3. The van der Waals surface area contributed by atoms with Crippen molar-refractivity contribution >= 4 is 11.5 Å². The van der Waals surface area contributed by atoms with E-state index in [1.54, 1.807) is 0 Å². The zero-order chi connectivity index (χ0) is 17.6. The molecule has 0 unspecified atom stereocenters. The van der Waals surface area contributed by atoms with Crippen LogP contribution < -0.4 is 5.73 Å². The lowest BCUT2D eigenvalue weighted by Crippen LogP contribution is -2.38. The molecule has 1 aromatic heterocycles. The van der Waals surface area contributed by atoms with Gasteiger partial charge in [0.05, 0.1) is 24.1 Å². The third-order valence-corrected chi connectivity index (χ3v) is 5.18. The van der Waals surface area contributed by atoms with Crippen molar-refractivity contribution in [2.45, 2.75) is 33.0 Å². The standard InChI is InChI=1S/C19H23N5O/c1-12(2)23-5-6-24-18(11-23)16(9-22-24)13-3-4-14-15(7-13)17(8-20)21-10-19(14)25/h3-4,7,9,12H,5-6,8,10-11,20H2,1-2H3. The second-order valence-electron chi connectivity index (χ2n) is 6.94. The SMILES string of the molecule is CC(C)N1CCn2ncc(-c3ccc4c(c3)C(CN)=NCC4=O)c2C1.